The normalized spacial score (nSPS) is 10.5. The van der Waals surface area contributed by atoms with Gasteiger partial charge in [-0.1, -0.05) is 6.42 Å². The highest BCUT2D eigenvalue weighted by atomic mass is 16.2. The zero-order chi connectivity index (χ0) is 12.8. The second kappa shape index (κ2) is 6.19. The molecule has 0 aliphatic rings. The maximum atomic E-state index is 11.7. The molecule has 1 aromatic heterocycles. The van der Waals surface area contributed by atoms with E-state index >= 15 is 0 Å². The molecule has 0 aliphatic carbocycles. The molecule has 96 valence electrons. The summed E-state index contributed by atoms with van der Waals surface area (Å²) in [7, 11) is 2.95. The van der Waals surface area contributed by atoms with Gasteiger partial charge in [-0.05, 0) is 19.4 Å². The van der Waals surface area contributed by atoms with Crippen LogP contribution in [0.4, 0.5) is 5.82 Å². The molecule has 0 aliphatic heterocycles. The maximum Gasteiger partial charge on any atom is 0.346 e. The van der Waals surface area contributed by atoms with Crippen LogP contribution in [-0.2, 0) is 14.1 Å². The summed E-state index contributed by atoms with van der Waals surface area (Å²) in [5.41, 5.74) is 4.55. The number of unbranched alkanes of at least 4 members (excludes halogenated alkanes) is 2. The van der Waals surface area contributed by atoms with Crippen LogP contribution in [0.2, 0.25) is 0 Å². The fourth-order valence-electron chi connectivity index (χ4n) is 1.46. The largest absolute Gasteiger partial charge is 0.364 e. The van der Waals surface area contributed by atoms with E-state index in [1.807, 2.05) is 0 Å². The number of nitrogens with two attached hydrogens (primary N) is 1. The lowest BCUT2D eigenvalue weighted by molar-refractivity contribution is 0.602. The zero-order valence-corrected chi connectivity index (χ0v) is 10.3. The van der Waals surface area contributed by atoms with Crippen LogP contribution in [0.1, 0.15) is 19.3 Å². The Morgan fingerprint density at radius 3 is 2.59 bits per heavy atom. The number of rotatable bonds is 6. The molecule has 0 saturated heterocycles. The summed E-state index contributed by atoms with van der Waals surface area (Å²) in [6.07, 6.45) is 2.90. The fourth-order valence-corrected chi connectivity index (χ4v) is 1.46. The Kier molecular flexibility index (Phi) is 4.89. The number of anilines is 1. The first-order valence-corrected chi connectivity index (χ1v) is 5.66. The van der Waals surface area contributed by atoms with Gasteiger partial charge >= 0.3 is 5.69 Å². The summed E-state index contributed by atoms with van der Waals surface area (Å²) < 4.78 is 2.18. The Morgan fingerprint density at radius 2 is 1.94 bits per heavy atom. The van der Waals surface area contributed by atoms with Crippen LogP contribution in [0.25, 0.3) is 0 Å². The summed E-state index contributed by atoms with van der Waals surface area (Å²) in [6.45, 7) is 1.33. The lowest BCUT2D eigenvalue weighted by Gasteiger charge is -2.07. The van der Waals surface area contributed by atoms with Crippen LogP contribution in [0, 0.1) is 0 Å². The fraction of sp³-hybridized carbons (Fsp3) is 0.700. The van der Waals surface area contributed by atoms with E-state index in [2.05, 4.69) is 10.4 Å². The van der Waals surface area contributed by atoms with Crippen molar-refractivity contribution in [3.63, 3.8) is 0 Å². The standard InChI is InChI=1S/C10H19N5O2/c1-14-9(16)8(13-15(2)10(14)17)12-7-5-3-4-6-11/h3-7,11H2,1-2H3,(H,12,13). The van der Waals surface area contributed by atoms with Gasteiger partial charge in [0.15, 0.2) is 0 Å². The predicted octanol–water partition coefficient (Wildman–Crippen LogP) is -0.980. The third-order valence-corrected chi connectivity index (χ3v) is 2.49. The lowest BCUT2D eigenvalue weighted by Crippen LogP contribution is -2.40. The number of aromatic nitrogens is 3. The molecule has 7 heteroatoms. The molecule has 0 amide bonds. The monoisotopic (exact) mass is 241 g/mol. The van der Waals surface area contributed by atoms with Crippen molar-refractivity contribution in [1.29, 1.82) is 0 Å². The van der Waals surface area contributed by atoms with Gasteiger partial charge in [0.25, 0.3) is 5.56 Å². The summed E-state index contributed by atoms with van der Waals surface area (Å²) in [4.78, 5) is 23.0. The van der Waals surface area contributed by atoms with Gasteiger partial charge < -0.3 is 11.1 Å². The first-order chi connectivity index (χ1) is 8.07. The molecular formula is C10H19N5O2. The molecule has 0 atom stereocenters. The summed E-state index contributed by atoms with van der Waals surface area (Å²) in [5.74, 6) is 0.211. The van der Waals surface area contributed by atoms with E-state index in [1.165, 1.54) is 14.1 Å². The summed E-state index contributed by atoms with van der Waals surface area (Å²) in [5, 5.41) is 6.82. The van der Waals surface area contributed by atoms with Crippen molar-refractivity contribution < 1.29 is 0 Å². The van der Waals surface area contributed by atoms with Crippen LogP contribution in [0.3, 0.4) is 0 Å². The maximum absolute atomic E-state index is 11.7. The minimum atomic E-state index is -0.427. The smallest absolute Gasteiger partial charge is 0.346 e. The Hall–Kier alpha value is -1.63. The molecule has 1 heterocycles. The highest BCUT2D eigenvalue weighted by molar-refractivity contribution is 5.29. The van der Waals surface area contributed by atoms with Crippen LogP contribution < -0.4 is 22.3 Å². The van der Waals surface area contributed by atoms with Gasteiger partial charge in [-0.25, -0.2) is 9.48 Å². The minimum absolute atomic E-state index is 0.211. The van der Waals surface area contributed by atoms with E-state index in [0.717, 1.165) is 28.5 Å². The van der Waals surface area contributed by atoms with Gasteiger partial charge in [-0.3, -0.25) is 9.36 Å². The van der Waals surface area contributed by atoms with Crippen molar-refractivity contribution in [3.8, 4) is 0 Å². The highest BCUT2D eigenvalue weighted by Crippen LogP contribution is 1.95. The van der Waals surface area contributed by atoms with Crippen molar-refractivity contribution >= 4 is 5.82 Å². The van der Waals surface area contributed by atoms with Crippen LogP contribution in [0.5, 0.6) is 0 Å². The van der Waals surface area contributed by atoms with Gasteiger partial charge in [0.1, 0.15) is 0 Å². The van der Waals surface area contributed by atoms with Crippen molar-refractivity contribution in [2.24, 2.45) is 19.8 Å². The molecule has 7 nitrogen and oxygen atoms in total. The second-order valence-corrected chi connectivity index (χ2v) is 3.90. The van der Waals surface area contributed by atoms with Gasteiger partial charge in [0.2, 0.25) is 5.82 Å². The molecule has 3 N–H and O–H groups in total. The number of hydrogen-bond acceptors (Lipinski definition) is 5. The highest BCUT2D eigenvalue weighted by Gasteiger charge is 2.07. The molecule has 0 unspecified atom stereocenters. The Labute approximate surface area is 99.2 Å². The van der Waals surface area contributed by atoms with E-state index in [0.29, 0.717) is 13.1 Å². The predicted molar refractivity (Wildman–Crippen MR) is 66.1 cm³/mol. The SMILES string of the molecule is Cn1nc(NCCCCCN)c(=O)n(C)c1=O. The molecular weight excluding hydrogens is 222 g/mol. The molecule has 1 aromatic rings. The van der Waals surface area contributed by atoms with Crippen LogP contribution in [-0.4, -0.2) is 27.4 Å². The molecule has 0 spiro atoms. The average molecular weight is 241 g/mol. The number of aryl methyl sites for hydroxylation is 1. The van der Waals surface area contributed by atoms with E-state index < -0.39 is 11.2 Å². The molecule has 1 rings (SSSR count). The van der Waals surface area contributed by atoms with Gasteiger partial charge in [0, 0.05) is 20.6 Å². The molecule has 17 heavy (non-hydrogen) atoms. The van der Waals surface area contributed by atoms with E-state index in [-0.39, 0.29) is 5.82 Å². The molecule has 0 saturated carbocycles. The van der Waals surface area contributed by atoms with Crippen LogP contribution >= 0.6 is 0 Å². The Morgan fingerprint density at radius 1 is 1.24 bits per heavy atom. The molecule has 0 fully saturated rings. The first-order valence-electron chi connectivity index (χ1n) is 5.66. The lowest BCUT2D eigenvalue weighted by atomic mass is 10.2. The second-order valence-electron chi connectivity index (χ2n) is 3.90. The third-order valence-electron chi connectivity index (χ3n) is 2.49. The third kappa shape index (κ3) is 3.42. The topological polar surface area (TPSA) is 94.9 Å². The summed E-state index contributed by atoms with van der Waals surface area (Å²) in [6, 6.07) is 0. The van der Waals surface area contributed by atoms with E-state index in [4.69, 9.17) is 5.73 Å². The van der Waals surface area contributed by atoms with E-state index in [9.17, 15) is 9.59 Å². The molecule has 0 aromatic carbocycles. The Bertz CT molecular complexity index is 477. The molecule has 0 radical (unpaired) electrons. The average Bonchev–Trinajstić information content (AvgIpc) is 2.32. The van der Waals surface area contributed by atoms with Crippen molar-refractivity contribution in [3.05, 3.63) is 20.8 Å². The quantitative estimate of drug-likeness (QED) is 0.624. The summed E-state index contributed by atoms with van der Waals surface area (Å²) >= 11 is 0. The van der Waals surface area contributed by atoms with Gasteiger partial charge in [-0.2, -0.15) is 0 Å². The number of nitrogens with one attached hydrogen (secondary N) is 1. The Balaban J connectivity index is 2.66. The van der Waals surface area contributed by atoms with Gasteiger partial charge in [-0.15, -0.1) is 5.10 Å². The van der Waals surface area contributed by atoms with E-state index in [1.54, 1.807) is 0 Å². The van der Waals surface area contributed by atoms with Crippen molar-refractivity contribution in [2.45, 2.75) is 19.3 Å². The van der Waals surface area contributed by atoms with Crippen molar-refractivity contribution in [2.75, 3.05) is 18.4 Å². The van der Waals surface area contributed by atoms with Crippen molar-refractivity contribution in [1.82, 2.24) is 14.3 Å². The van der Waals surface area contributed by atoms with Crippen LogP contribution in [0.15, 0.2) is 9.59 Å². The zero-order valence-electron chi connectivity index (χ0n) is 10.3. The number of nitrogens with zero attached hydrogens (tertiary/aromatic N) is 3. The number of hydrogen-bond donors (Lipinski definition) is 2. The first kappa shape index (κ1) is 13.4. The molecule has 0 bridgehead atoms. The minimum Gasteiger partial charge on any atom is -0.364 e. The van der Waals surface area contributed by atoms with Gasteiger partial charge in [0.05, 0.1) is 0 Å².